The first kappa shape index (κ1) is 22.7. The Kier molecular flexibility index (Phi) is 5.99. The van der Waals surface area contributed by atoms with E-state index in [9.17, 15) is 9.59 Å². The van der Waals surface area contributed by atoms with Crippen molar-refractivity contribution in [3.8, 4) is 11.4 Å². The summed E-state index contributed by atoms with van der Waals surface area (Å²) >= 11 is 0. The van der Waals surface area contributed by atoms with Crippen molar-refractivity contribution in [2.75, 3.05) is 31.1 Å². The molecule has 0 radical (unpaired) electrons. The van der Waals surface area contributed by atoms with Gasteiger partial charge in [-0.1, -0.05) is 17.7 Å². The zero-order chi connectivity index (χ0) is 24.5. The van der Waals surface area contributed by atoms with E-state index in [0.29, 0.717) is 31.7 Å². The maximum absolute atomic E-state index is 13.1. The molecule has 178 valence electrons. The van der Waals surface area contributed by atoms with Crippen LogP contribution in [0.2, 0.25) is 0 Å². The number of carbonyl (C=O) groups is 1. The Labute approximate surface area is 204 Å². The molecule has 0 saturated carbocycles. The van der Waals surface area contributed by atoms with E-state index in [2.05, 4.69) is 40.5 Å². The van der Waals surface area contributed by atoms with E-state index in [0.717, 1.165) is 22.8 Å². The number of aryl methyl sites for hydroxylation is 3. The number of anilines is 1. The highest BCUT2D eigenvalue weighted by atomic mass is 16.2. The quantitative estimate of drug-likeness (QED) is 0.457. The van der Waals surface area contributed by atoms with Gasteiger partial charge in [0.25, 0.3) is 11.5 Å². The average Bonchev–Trinajstić information content (AvgIpc) is 3.22. The molecule has 0 unspecified atom stereocenters. The van der Waals surface area contributed by atoms with Gasteiger partial charge in [-0.25, -0.2) is 0 Å². The summed E-state index contributed by atoms with van der Waals surface area (Å²) in [4.78, 5) is 29.5. The summed E-state index contributed by atoms with van der Waals surface area (Å²) in [6.07, 6.45) is 0. The molecule has 1 saturated heterocycles. The Morgan fingerprint density at radius 2 is 1.31 bits per heavy atom. The molecule has 0 N–H and O–H groups in total. The third-order valence-corrected chi connectivity index (χ3v) is 6.60. The Bertz CT molecular complexity index is 1390. The molecule has 2 aromatic carbocycles. The SMILES string of the molecule is Cc1ccc(-n2nc(N3CCN(C(=O)c4ccc(-n5c(C)ccc5C)cc4)CC3)ccc2=O)cc1. The second kappa shape index (κ2) is 9.25. The first-order valence-corrected chi connectivity index (χ1v) is 11.9. The Morgan fingerprint density at radius 3 is 1.94 bits per heavy atom. The molecule has 4 aromatic rings. The minimum atomic E-state index is -0.167. The standard InChI is InChI=1S/C28H29N5O2/c1-20-4-10-25(11-5-20)33-27(34)15-14-26(29-33)30-16-18-31(19-17-30)28(35)23-8-12-24(13-9-23)32-21(2)6-7-22(32)3/h4-15H,16-19H2,1-3H3. The van der Waals surface area contributed by atoms with E-state index in [1.165, 1.54) is 16.1 Å². The summed E-state index contributed by atoms with van der Waals surface area (Å²) in [6, 6.07) is 23.0. The van der Waals surface area contributed by atoms with Crippen LogP contribution < -0.4 is 10.5 Å². The molecule has 1 fully saturated rings. The molecule has 0 spiro atoms. The number of amides is 1. The highest BCUT2D eigenvalue weighted by molar-refractivity contribution is 5.94. The highest BCUT2D eigenvalue weighted by Crippen LogP contribution is 2.19. The van der Waals surface area contributed by atoms with Crippen molar-refractivity contribution >= 4 is 11.7 Å². The maximum atomic E-state index is 13.1. The van der Waals surface area contributed by atoms with Crippen LogP contribution in [-0.4, -0.2) is 51.3 Å². The second-order valence-corrected chi connectivity index (χ2v) is 9.05. The summed E-state index contributed by atoms with van der Waals surface area (Å²) in [5.41, 5.74) is 5.78. The van der Waals surface area contributed by atoms with E-state index in [4.69, 9.17) is 0 Å². The number of benzene rings is 2. The van der Waals surface area contributed by atoms with E-state index in [1.807, 2.05) is 60.4 Å². The van der Waals surface area contributed by atoms with Gasteiger partial charge in [0.2, 0.25) is 0 Å². The van der Waals surface area contributed by atoms with Gasteiger partial charge in [-0.3, -0.25) is 9.59 Å². The van der Waals surface area contributed by atoms with Gasteiger partial charge in [0, 0.05) is 54.9 Å². The number of aromatic nitrogens is 3. The molecule has 0 bridgehead atoms. The first-order chi connectivity index (χ1) is 16.9. The zero-order valence-electron chi connectivity index (χ0n) is 20.3. The predicted molar refractivity (Wildman–Crippen MR) is 138 cm³/mol. The van der Waals surface area contributed by atoms with Crippen molar-refractivity contribution in [3.05, 3.63) is 106 Å². The van der Waals surface area contributed by atoms with Crippen LogP contribution in [0.1, 0.15) is 27.3 Å². The third-order valence-electron chi connectivity index (χ3n) is 6.60. The molecule has 1 aliphatic heterocycles. The maximum Gasteiger partial charge on any atom is 0.271 e. The first-order valence-electron chi connectivity index (χ1n) is 11.9. The topological polar surface area (TPSA) is 63.4 Å². The molecule has 0 atom stereocenters. The van der Waals surface area contributed by atoms with Gasteiger partial charge in [-0.15, -0.1) is 5.10 Å². The van der Waals surface area contributed by atoms with E-state index in [-0.39, 0.29) is 11.5 Å². The lowest BCUT2D eigenvalue weighted by Gasteiger charge is -2.35. The molecule has 7 nitrogen and oxygen atoms in total. The molecule has 5 rings (SSSR count). The average molecular weight is 468 g/mol. The van der Waals surface area contributed by atoms with Crippen molar-refractivity contribution in [3.63, 3.8) is 0 Å². The fourth-order valence-corrected chi connectivity index (χ4v) is 4.59. The molecular formula is C28H29N5O2. The number of hydrogen-bond acceptors (Lipinski definition) is 4. The Morgan fingerprint density at radius 1 is 0.714 bits per heavy atom. The number of carbonyl (C=O) groups excluding carboxylic acids is 1. The summed E-state index contributed by atoms with van der Waals surface area (Å²) in [6.45, 7) is 8.68. The van der Waals surface area contributed by atoms with Crippen LogP contribution in [-0.2, 0) is 0 Å². The summed E-state index contributed by atoms with van der Waals surface area (Å²) < 4.78 is 3.61. The lowest BCUT2D eigenvalue weighted by atomic mass is 10.1. The molecule has 1 aliphatic rings. The number of hydrogen-bond donors (Lipinski definition) is 0. The molecule has 7 heteroatoms. The number of rotatable bonds is 4. The van der Waals surface area contributed by atoms with Crippen LogP contribution in [0, 0.1) is 20.8 Å². The van der Waals surface area contributed by atoms with Gasteiger partial charge in [0.05, 0.1) is 5.69 Å². The summed E-state index contributed by atoms with van der Waals surface area (Å²) in [5, 5.41) is 4.60. The van der Waals surface area contributed by atoms with Gasteiger partial charge in [-0.05, 0) is 75.4 Å². The minimum absolute atomic E-state index is 0.0368. The smallest absolute Gasteiger partial charge is 0.271 e. The summed E-state index contributed by atoms with van der Waals surface area (Å²) in [5.74, 6) is 0.772. The second-order valence-electron chi connectivity index (χ2n) is 9.05. The molecule has 35 heavy (non-hydrogen) atoms. The zero-order valence-corrected chi connectivity index (χ0v) is 20.3. The molecule has 3 heterocycles. The molecule has 1 amide bonds. The van der Waals surface area contributed by atoms with Crippen LogP contribution in [0.15, 0.2) is 77.6 Å². The monoisotopic (exact) mass is 467 g/mol. The predicted octanol–water partition coefficient (Wildman–Crippen LogP) is 3.91. The van der Waals surface area contributed by atoms with Crippen molar-refractivity contribution in [1.82, 2.24) is 19.2 Å². The van der Waals surface area contributed by atoms with Crippen molar-refractivity contribution < 1.29 is 4.79 Å². The lowest BCUT2D eigenvalue weighted by Crippen LogP contribution is -2.49. The lowest BCUT2D eigenvalue weighted by molar-refractivity contribution is 0.0746. The van der Waals surface area contributed by atoms with Gasteiger partial charge in [-0.2, -0.15) is 4.68 Å². The van der Waals surface area contributed by atoms with Gasteiger partial charge in [0.1, 0.15) is 5.82 Å². The van der Waals surface area contributed by atoms with E-state index in [1.54, 1.807) is 12.1 Å². The Hall–Kier alpha value is -4.13. The minimum Gasteiger partial charge on any atom is -0.352 e. The highest BCUT2D eigenvalue weighted by Gasteiger charge is 2.23. The van der Waals surface area contributed by atoms with Gasteiger partial charge < -0.3 is 14.4 Å². The fraction of sp³-hybridized carbons (Fsp3) is 0.250. The number of nitrogens with zero attached hydrogens (tertiary/aromatic N) is 5. The van der Waals surface area contributed by atoms with E-state index >= 15 is 0 Å². The van der Waals surface area contributed by atoms with Crippen LogP contribution >= 0.6 is 0 Å². The van der Waals surface area contributed by atoms with Crippen LogP contribution in [0.5, 0.6) is 0 Å². The Balaban J connectivity index is 1.27. The summed E-state index contributed by atoms with van der Waals surface area (Å²) in [7, 11) is 0. The molecular weight excluding hydrogens is 438 g/mol. The molecule has 0 aliphatic carbocycles. The van der Waals surface area contributed by atoms with Crippen LogP contribution in [0.3, 0.4) is 0 Å². The van der Waals surface area contributed by atoms with Crippen LogP contribution in [0.25, 0.3) is 11.4 Å². The van der Waals surface area contributed by atoms with Gasteiger partial charge in [0.15, 0.2) is 0 Å². The fourth-order valence-electron chi connectivity index (χ4n) is 4.59. The van der Waals surface area contributed by atoms with Crippen molar-refractivity contribution in [2.24, 2.45) is 0 Å². The van der Waals surface area contributed by atoms with Gasteiger partial charge >= 0.3 is 0 Å². The normalized spacial score (nSPS) is 13.8. The number of piperazine rings is 1. The third kappa shape index (κ3) is 4.49. The largest absolute Gasteiger partial charge is 0.352 e. The van der Waals surface area contributed by atoms with Crippen LogP contribution in [0.4, 0.5) is 5.82 Å². The van der Waals surface area contributed by atoms with E-state index < -0.39 is 0 Å². The van der Waals surface area contributed by atoms with Crippen molar-refractivity contribution in [2.45, 2.75) is 20.8 Å². The molecule has 2 aromatic heterocycles. The van der Waals surface area contributed by atoms with Crippen molar-refractivity contribution in [1.29, 1.82) is 0 Å².